The SMILES string of the molecule is CCOC(=O)C12CNCC1CN(C(=O)C1CN(C(C)(C)C)CC1c1ccc(F)cc1F)C2. The fraction of sp³-hybridized carbons (Fsp3) is 0.667. The number of ether oxygens (including phenoxy) is 1. The molecule has 0 bridgehead atoms. The molecule has 0 radical (unpaired) electrons. The average molecular weight is 450 g/mol. The second-order valence-corrected chi connectivity index (χ2v) is 10.4. The molecule has 0 aromatic heterocycles. The molecule has 3 aliphatic rings. The number of hydrogen-bond donors (Lipinski definition) is 1. The highest BCUT2D eigenvalue weighted by Gasteiger charge is 2.58. The van der Waals surface area contributed by atoms with Crippen molar-refractivity contribution in [2.45, 2.75) is 39.2 Å². The maximum Gasteiger partial charge on any atom is 0.315 e. The molecule has 32 heavy (non-hydrogen) atoms. The summed E-state index contributed by atoms with van der Waals surface area (Å²) in [5.41, 5.74) is -0.538. The monoisotopic (exact) mass is 449 g/mol. The molecule has 8 heteroatoms. The number of nitrogens with one attached hydrogen (secondary N) is 1. The largest absolute Gasteiger partial charge is 0.465 e. The van der Waals surface area contributed by atoms with Crippen LogP contribution in [0, 0.1) is 28.9 Å². The molecule has 1 amide bonds. The highest BCUT2D eigenvalue weighted by molar-refractivity contribution is 5.85. The predicted octanol–water partition coefficient (Wildman–Crippen LogP) is 2.39. The van der Waals surface area contributed by atoms with Gasteiger partial charge in [0.2, 0.25) is 5.91 Å². The molecule has 4 unspecified atom stereocenters. The van der Waals surface area contributed by atoms with Crippen molar-refractivity contribution in [1.82, 2.24) is 15.1 Å². The van der Waals surface area contributed by atoms with Crippen LogP contribution in [0.4, 0.5) is 8.78 Å². The van der Waals surface area contributed by atoms with E-state index in [1.807, 2.05) is 0 Å². The normalized spacial score (nSPS) is 30.6. The molecule has 1 aromatic carbocycles. The Bertz CT molecular complexity index is 903. The molecule has 0 saturated carbocycles. The fourth-order valence-corrected chi connectivity index (χ4v) is 5.60. The lowest BCUT2D eigenvalue weighted by Gasteiger charge is -2.32. The molecule has 0 aliphatic carbocycles. The van der Waals surface area contributed by atoms with Crippen molar-refractivity contribution < 1.29 is 23.1 Å². The van der Waals surface area contributed by atoms with E-state index in [1.165, 1.54) is 12.1 Å². The Kier molecular flexibility index (Phi) is 6.05. The van der Waals surface area contributed by atoms with Crippen LogP contribution in [0.1, 0.15) is 39.2 Å². The lowest BCUT2D eigenvalue weighted by Crippen LogP contribution is -2.45. The third-order valence-electron chi connectivity index (χ3n) is 7.47. The molecular formula is C24H33F2N3O3. The first kappa shape index (κ1) is 23.1. The van der Waals surface area contributed by atoms with E-state index in [1.54, 1.807) is 11.8 Å². The van der Waals surface area contributed by atoms with Gasteiger partial charge in [-0.15, -0.1) is 0 Å². The van der Waals surface area contributed by atoms with Crippen molar-refractivity contribution in [2.75, 3.05) is 45.9 Å². The summed E-state index contributed by atoms with van der Waals surface area (Å²) in [4.78, 5) is 30.5. The van der Waals surface area contributed by atoms with E-state index in [2.05, 4.69) is 31.0 Å². The van der Waals surface area contributed by atoms with Crippen LogP contribution < -0.4 is 5.32 Å². The van der Waals surface area contributed by atoms with Crippen LogP contribution >= 0.6 is 0 Å². The third-order valence-corrected chi connectivity index (χ3v) is 7.47. The molecule has 3 fully saturated rings. The Morgan fingerprint density at radius 2 is 1.97 bits per heavy atom. The quantitative estimate of drug-likeness (QED) is 0.716. The van der Waals surface area contributed by atoms with Gasteiger partial charge in [-0.25, -0.2) is 8.78 Å². The van der Waals surface area contributed by atoms with Crippen LogP contribution in [0.25, 0.3) is 0 Å². The summed E-state index contributed by atoms with van der Waals surface area (Å²) in [5.74, 6) is -2.39. The smallest absolute Gasteiger partial charge is 0.315 e. The van der Waals surface area contributed by atoms with E-state index in [4.69, 9.17) is 4.74 Å². The van der Waals surface area contributed by atoms with Crippen LogP contribution in [0.2, 0.25) is 0 Å². The van der Waals surface area contributed by atoms with Gasteiger partial charge in [0.25, 0.3) is 0 Å². The topological polar surface area (TPSA) is 61.9 Å². The van der Waals surface area contributed by atoms with E-state index in [9.17, 15) is 18.4 Å². The molecule has 3 heterocycles. The Balaban J connectivity index is 1.61. The van der Waals surface area contributed by atoms with E-state index in [0.29, 0.717) is 51.4 Å². The highest BCUT2D eigenvalue weighted by Crippen LogP contribution is 2.43. The molecule has 4 rings (SSSR count). The molecule has 1 N–H and O–H groups in total. The van der Waals surface area contributed by atoms with Gasteiger partial charge in [-0.05, 0) is 39.3 Å². The standard InChI is InChI=1S/C24H33F2N3O3/c1-5-32-22(31)24-13-27-9-15(24)10-28(14-24)21(30)19-12-29(23(2,3)4)11-18(19)17-7-6-16(25)8-20(17)26/h6-8,15,18-19,27H,5,9-14H2,1-4H3. The second-order valence-electron chi connectivity index (χ2n) is 10.4. The molecule has 1 aromatic rings. The lowest BCUT2D eigenvalue weighted by molar-refractivity contribution is -0.155. The molecule has 6 nitrogen and oxygen atoms in total. The average Bonchev–Trinajstić information content (AvgIpc) is 3.40. The van der Waals surface area contributed by atoms with Crippen molar-refractivity contribution in [3.05, 3.63) is 35.4 Å². The first-order valence-corrected chi connectivity index (χ1v) is 11.4. The van der Waals surface area contributed by atoms with Crippen molar-refractivity contribution in [3.8, 4) is 0 Å². The summed E-state index contributed by atoms with van der Waals surface area (Å²) in [7, 11) is 0. The van der Waals surface area contributed by atoms with E-state index in [0.717, 1.165) is 6.07 Å². The second kappa shape index (κ2) is 8.37. The van der Waals surface area contributed by atoms with Crippen molar-refractivity contribution >= 4 is 11.9 Å². The van der Waals surface area contributed by atoms with Crippen LogP contribution in [0.3, 0.4) is 0 Å². The Labute approximate surface area is 188 Å². The van der Waals surface area contributed by atoms with Gasteiger partial charge in [-0.2, -0.15) is 0 Å². The first-order chi connectivity index (χ1) is 15.1. The number of benzene rings is 1. The number of fused-ring (bicyclic) bond motifs is 1. The lowest BCUT2D eigenvalue weighted by atomic mass is 9.81. The van der Waals surface area contributed by atoms with Crippen molar-refractivity contribution in [3.63, 3.8) is 0 Å². The van der Waals surface area contributed by atoms with E-state index >= 15 is 0 Å². The number of rotatable bonds is 4. The van der Waals surface area contributed by atoms with Crippen LogP contribution in [-0.4, -0.2) is 73.1 Å². The van der Waals surface area contributed by atoms with Gasteiger partial charge in [0.15, 0.2) is 0 Å². The maximum absolute atomic E-state index is 14.7. The summed E-state index contributed by atoms with van der Waals surface area (Å²) in [6.07, 6.45) is 0. The fourth-order valence-electron chi connectivity index (χ4n) is 5.60. The molecular weight excluding hydrogens is 416 g/mol. The molecule has 3 saturated heterocycles. The number of esters is 1. The van der Waals surface area contributed by atoms with Gasteiger partial charge in [0, 0.05) is 62.7 Å². The minimum absolute atomic E-state index is 0.00614. The van der Waals surface area contributed by atoms with E-state index < -0.39 is 23.0 Å². The molecule has 3 aliphatic heterocycles. The van der Waals surface area contributed by atoms with Gasteiger partial charge >= 0.3 is 5.97 Å². The highest BCUT2D eigenvalue weighted by atomic mass is 19.1. The Morgan fingerprint density at radius 1 is 1.22 bits per heavy atom. The van der Waals surface area contributed by atoms with Crippen LogP contribution in [0.5, 0.6) is 0 Å². The Morgan fingerprint density at radius 3 is 2.62 bits per heavy atom. The summed E-state index contributed by atoms with van der Waals surface area (Å²) in [6, 6.07) is 3.60. The zero-order valence-corrected chi connectivity index (χ0v) is 19.3. The number of nitrogens with zero attached hydrogens (tertiary/aromatic N) is 2. The molecule has 176 valence electrons. The maximum atomic E-state index is 14.7. The first-order valence-electron chi connectivity index (χ1n) is 11.4. The number of halogens is 2. The van der Waals surface area contributed by atoms with Crippen molar-refractivity contribution in [1.29, 1.82) is 0 Å². The zero-order valence-electron chi connectivity index (χ0n) is 19.3. The minimum atomic E-state index is -0.718. The van der Waals surface area contributed by atoms with Gasteiger partial charge < -0.3 is 15.0 Å². The van der Waals surface area contributed by atoms with Crippen LogP contribution in [-0.2, 0) is 14.3 Å². The Hall–Kier alpha value is -2.06. The summed E-state index contributed by atoms with van der Waals surface area (Å²) in [6.45, 7) is 11.3. The minimum Gasteiger partial charge on any atom is -0.465 e. The molecule has 0 spiro atoms. The van der Waals surface area contributed by atoms with E-state index in [-0.39, 0.29) is 29.3 Å². The van der Waals surface area contributed by atoms with Gasteiger partial charge in [0.05, 0.1) is 12.5 Å². The summed E-state index contributed by atoms with van der Waals surface area (Å²) in [5, 5.41) is 3.28. The summed E-state index contributed by atoms with van der Waals surface area (Å²) >= 11 is 0. The predicted molar refractivity (Wildman–Crippen MR) is 116 cm³/mol. The zero-order chi connectivity index (χ0) is 23.3. The van der Waals surface area contributed by atoms with Gasteiger partial charge in [-0.3, -0.25) is 14.5 Å². The molecule has 4 atom stereocenters. The van der Waals surface area contributed by atoms with Crippen molar-refractivity contribution in [2.24, 2.45) is 17.3 Å². The van der Waals surface area contributed by atoms with Gasteiger partial charge in [0.1, 0.15) is 17.0 Å². The van der Waals surface area contributed by atoms with Crippen LogP contribution in [0.15, 0.2) is 18.2 Å². The number of likely N-dealkylation sites (tertiary alicyclic amines) is 2. The van der Waals surface area contributed by atoms with Gasteiger partial charge in [-0.1, -0.05) is 6.07 Å². The third kappa shape index (κ3) is 3.92. The summed E-state index contributed by atoms with van der Waals surface area (Å²) < 4.78 is 33.6. The number of hydrogen-bond acceptors (Lipinski definition) is 5. The number of amides is 1. The number of carbonyl (C=O) groups is 2. The number of carbonyl (C=O) groups excluding carboxylic acids is 2.